The first kappa shape index (κ1) is 14.8. The Morgan fingerprint density at radius 1 is 1.26 bits per heavy atom. The Bertz CT molecular complexity index is 773. The van der Waals surface area contributed by atoms with Crippen molar-refractivity contribution in [2.24, 2.45) is 10.9 Å². The molecule has 1 aromatic heterocycles. The SMILES string of the molecule is Cc1cc2c(s1)Nc1ccc(F)cc1N=C2C1CCN(C)CC1. The number of hydrogen-bond acceptors (Lipinski definition) is 4. The average molecular weight is 329 g/mol. The van der Waals surface area contributed by atoms with Gasteiger partial charge in [0.15, 0.2) is 0 Å². The maximum Gasteiger partial charge on any atom is 0.125 e. The Balaban J connectivity index is 1.82. The van der Waals surface area contributed by atoms with Gasteiger partial charge in [-0.2, -0.15) is 0 Å². The van der Waals surface area contributed by atoms with Crippen LogP contribution < -0.4 is 5.32 Å². The third-order valence-corrected chi connectivity index (χ3v) is 5.65. The maximum atomic E-state index is 13.7. The number of benzene rings is 1. The van der Waals surface area contributed by atoms with Gasteiger partial charge < -0.3 is 10.2 Å². The number of anilines is 2. The van der Waals surface area contributed by atoms with E-state index in [9.17, 15) is 4.39 Å². The van der Waals surface area contributed by atoms with Gasteiger partial charge in [0, 0.05) is 22.4 Å². The highest BCUT2D eigenvalue weighted by atomic mass is 32.1. The van der Waals surface area contributed by atoms with Gasteiger partial charge >= 0.3 is 0 Å². The van der Waals surface area contributed by atoms with E-state index in [0.717, 1.165) is 42.3 Å². The Labute approximate surface area is 139 Å². The second-order valence-electron chi connectivity index (χ2n) is 6.46. The Kier molecular flexibility index (Phi) is 3.70. The summed E-state index contributed by atoms with van der Waals surface area (Å²) in [4.78, 5) is 8.54. The summed E-state index contributed by atoms with van der Waals surface area (Å²) in [5.74, 6) is 0.202. The fourth-order valence-corrected chi connectivity index (χ4v) is 4.34. The maximum absolute atomic E-state index is 13.7. The van der Waals surface area contributed by atoms with Crippen LogP contribution in [0.25, 0.3) is 0 Å². The number of likely N-dealkylation sites (tertiary alicyclic amines) is 1. The summed E-state index contributed by atoms with van der Waals surface area (Å²) in [5.41, 5.74) is 3.91. The third-order valence-electron chi connectivity index (χ3n) is 4.69. The van der Waals surface area contributed by atoms with Gasteiger partial charge in [-0.15, -0.1) is 11.3 Å². The van der Waals surface area contributed by atoms with Crippen molar-refractivity contribution in [1.82, 2.24) is 4.90 Å². The van der Waals surface area contributed by atoms with Crippen LogP contribution in [-0.2, 0) is 0 Å². The van der Waals surface area contributed by atoms with Crippen LogP contribution in [-0.4, -0.2) is 30.7 Å². The number of aliphatic imine (C=N–C) groups is 1. The molecule has 1 saturated heterocycles. The first-order valence-corrected chi connectivity index (χ1v) is 8.86. The van der Waals surface area contributed by atoms with Gasteiger partial charge in [0.25, 0.3) is 0 Å². The molecule has 5 heteroatoms. The molecule has 3 heterocycles. The lowest BCUT2D eigenvalue weighted by molar-refractivity contribution is 0.252. The summed E-state index contributed by atoms with van der Waals surface area (Å²) >= 11 is 1.74. The summed E-state index contributed by atoms with van der Waals surface area (Å²) in [7, 11) is 2.16. The van der Waals surface area contributed by atoms with Crippen LogP contribution in [0.3, 0.4) is 0 Å². The highest BCUT2D eigenvalue weighted by Gasteiger charge is 2.27. The molecule has 0 amide bonds. The van der Waals surface area contributed by atoms with Crippen LogP contribution in [0.15, 0.2) is 29.3 Å². The first-order chi connectivity index (χ1) is 11.1. The van der Waals surface area contributed by atoms with Crippen LogP contribution in [0, 0.1) is 18.7 Å². The smallest absolute Gasteiger partial charge is 0.125 e. The molecule has 4 rings (SSSR count). The van der Waals surface area contributed by atoms with E-state index in [2.05, 4.69) is 30.3 Å². The number of nitrogens with zero attached hydrogens (tertiary/aromatic N) is 2. The van der Waals surface area contributed by atoms with Crippen molar-refractivity contribution < 1.29 is 4.39 Å². The lowest BCUT2D eigenvalue weighted by Crippen LogP contribution is -2.33. The topological polar surface area (TPSA) is 27.6 Å². The molecule has 0 unspecified atom stereocenters. The molecule has 3 nitrogen and oxygen atoms in total. The largest absolute Gasteiger partial charge is 0.345 e. The van der Waals surface area contributed by atoms with Crippen LogP contribution in [0.5, 0.6) is 0 Å². The minimum atomic E-state index is -0.238. The van der Waals surface area contributed by atoms with Crippen molar-refractivity contribution in [1.29, 1.82) is 0 Å². The summed E-state index contributed by atoms with van der Waals surface area (Å²) in [5, 5.41) is 4.59. The highest BCUT2D eigenvalue weighted by Crippen LogP contribution is 2.41. The number of piperidine rings is 1. The molecule has 23 heavy (non-hydrogen) atoms. The summed E-state index contributed by atoms with van der Waals surface area (Å²) in [6.07, 6.45) is 2.21. The molecule has 0 aliphatic carbocycles. The van der Waals surface area contributed by atoms with Crippen LogP contribution >= 0.6 is 11.3 Å². The average Bonchev–Trinajstić information content (AvgIpc) is 2.82. The highest BCUT2D eigenvalue weighted by molar-refractivity contribution is 7.16. The van der Waals surface area contributed by atoms with E-state index in [1.54, 1.807) is 17.4 Å². The van der Waals surface area contributed by atoms with E-state index in [1.165, 1.54) is 22.6 Å². The third kappa shape index (κ3) is 2.79. The van der Waals surface area contributed by atoms with Gasteiger partial charge in [-0.25, -0.2) is 4.39 Å². The monoisotopic (exact) mass is 329 g/mol. The van der Waals surface area contributed by atoms with Crippen molar-refractivity contribution >= 4 is 33.4 Å². The molecule has 2 aromatic rings. The summed E-state index contributed by atoms with van der Waals surface area (Å²) in [6.45, 7) is 4.30. The van der Waals surface area contributed by atoms with Crippen LogP contribution in [0.2, 0.25) is 0 Å². The zero-order chi connectivity index (χ0) is 16.0. The number of aryl methyl sites for hydroxylation is 1. The lowest BCUT2D eigenvalue weighted by atomic mass is 9.88. The molecule has 120 valence electrons. The van der Waals surface area contributed by atoms with Crippen LogP contribution in [0.1, 0.15) is 23.3 Å². The predicted molar refractivity (Wildman–Crippen MR) is 95.2 cm³/mol. The van der Waals surface area contributed by atoms with Crippen molar-refractivity contribution in [2.75, 3.05) is 25.5 Å². The molecule has 0 bridgehead atoms. The number of fused-ring (bicyclic) bond motifs is 2. The Hall–Kier alpha value is -1.72. The van der Waals surface area contributed by atoms with Gasteiger partial charge in [0.1, 0.15) is 10.8 Å². The molecule has 1 aromatic carbocycles. The van der Waals surface area contributed by atoms with Gasteiger partial charge in [-0.3, -0.25) is 4.99 Å². The Morgan fingerprint density at radius 2 is 2.04 bits per heavy atom. The number of hydrogen-bond donors (Lipinski definition) is 1. The second kappa shape index (κ2) is 5.73. The summed E-state index contributed by atoms with van der Waals surface area (Å²) in [6, 6.07) is 7.01. The molecular formula is C18H20FN3S. The number of rotatable bonds is 1. The fraction of sp³-hybridized carbons (Fsp3) is 0.389. The molecule has 0 spiro atoms. The minimum absolute atomic E-state index is 0.238. The molecule has 0 atom stereocenters. The zero-order valence-electron chi connectivity index (χ0n) is 13.4. The molecule has 1 N–H and O–H groups in total. The van der Waals surface area contributed by atoms with Crippen molar-refractivity contribution in [3.63, 3.8) is 0 Å². The lowest BCUT2D eigenvalue weighted by Gasteiger charge is -2.29. The van der Waals surface area contributed by atoms with E-state index < -0.39 is 0 Å². The van der Waals surface area contributed by atoms with E-state index in [4.69, 9.17) is 4.99 Å². The van der Waals surface area contributed by atoms with Gasteiger partial charge in [-0.1, -0.05) is 0 Å². The molecular weight excluding hydrogens is 309 g/mol. The van der Waals surface area contributed by atoms with E-state index in [-0.39, 0.29) is 5.82 Å². The Morgan fingerprint density at radius 3 is 2.83 bits per heavy atom. The van der Waals surface area contributed by atoms with Crippen molar-refractivity contribution in [3.8, 4) is 0 Å². The van der Waals surface area contributed by atoms with Gasteiger partial charge in [0.2, 0.25) is 0 Å². The van der Waals surface area contributed by atoms with Gasteiger partial charge in [0.05, 0.1) is 17.1 Å². The minimum Gasteiger partial charge on any atom is -0.345 e. The quantitative estimate of drug-likeness (QED) is 0.820. The number of nitrogens with one attached hydrogen (secondary N) is 1. The molecule has 0 saturated carbocycles. The standard InChI is InChI=1S/C18H20FN3S/c1-11-9-14-17(12-5-7-22(2)8-6-12)20-16-10-13(19)3-4-15(16)21-18(14)23-11/h3-4,9-10,12,21H,5-8H2,1-2H3. The summed E-state index contributed by atoms with van der Waals surface area (Å²) < 4.78 is 13.7. The number of thiophene rings is 1. The first-order valence-electron chi connectivity index (χ1n) is 8.04. The molecule has 0 radical (unpaired) electrons. The second-order valence-corrected chi connectivity index (χ2v) is 7.72. The predicted octanol–water partition coefficient (Wildman–Crippen LogP) is 4.72. The zero-order valence-corrected chi connectivity index (χ0v) is 14.2. The molecule has 1 fully saturated rings. The van der Waals surface area contributed by atoms with Crippen molar-refractivity contribution in [2.45, 2.75) is 19.8 Å². The normalized spacial score (nSPS) is 18.7. The van der Waals surface area contributed by atoms with Gasteiger partial charge in [-0.05, 0) is 58.1 Å². The fourth-order valence-electron chi connectivity index (χ4n) is 3.41. The van der Waals surface area contributed by atoms with E-state index in [0.29, 0.717) is 11.6 Å². The van der Waals surface area contributed by atoms with E-state index in [1.807, 2.05) is 0 Å². The molecule has 2 aliphatic heterocycles. The van der Waals surface area contributed by atoms with E-state index >= 15 is 0 Å². The molecule has 2 aliphatic rings. The number of halogens is 1. The van der Waals surface area contributed by atoms with Crippen LogP contribution in [0.4, 0.5) is 20.8 Å². The van der Waals surface area contributed by atoms with Crippen molar-refractivity contribution in [3.05, 3.63) is 40.5 Å².